The molecule has 1 unspecified atom stereocenters. The Morgan fingerprint density at radius 1 is 1.56 bits per heavy atom. The van der Waals surface area contributed by atoms with Crippen LogP contribution in [-0.2, 0) is 4.79 Å². The number of nitrogens with zero attached hydrogens (tertiary/aromatic N) is 2. The molecule has 1 rings (SSSR count). The molecule has 1 aromatic heterocycles. The average Bonchev–Trinajstić information content (AvgIpc) is 2.33. The van der Waals surface area contributed by atoms with Crippen LogP contribution in [0.15, 0.2) is 6.07 Å². The fourth-order valence-electron chi connectivity index (χ4n) is 1.62. The van der Waals surface area contributed by atoms with Crippen LogP contribution in [0.1, 0.15) is 25.6 Å². The van der Waals surface area contributed by atoms with E-state index in [1.54, 1.807) is 13.0 Å². The van der Waals surface area contributed by atoms with Gasteiger partial charge in [0.25, 0.3) is 0 Å². The van der Waals surface area contributed by atoms with Crippen molar-refractivity contribution in [3.8, 4) is 5.88 Å². The summed E-state index contributed by atoms with van der Waals surface area (Å²) in [5.74, 6) is 0.437. The number of ether oxygens (including phenoxy) is 1. The third kappa shape index (κ3) is 4.20. The molecule has 0 aliphatic heterocycles. The van der Waals surface area contributed by atoms with Crippen molar-refractivity contribution in [3.05, 3.63) is 11.9 Å². The summed E-state index contributed by atoms with van der Waals surface area (Å²) in [6.45, 7) is 4.07. The maximum atomic E-state index is 11.0. The third-order valence-corrected chi connectivity index (χ3v) is 2.54. The van der Waals surface area contributed by atoms with E-state index in [2.05, 4.69) is 15.3 Å². The molecular weight excluding hydrogens is 234 g/mol. The lowest BCUT2D eigenvalue weighted by molar-refractivity contribution is -0.141. The first kappa shape index (κ1) is 14.2. The van der Waals surface area contributed by atoms with Gasteiger partial charge < -0.3 is 15.2 Å². The number of aromatic nitrogens is 2. The average molecular weight is 253 g/mol. The van der Waals surface area contributed by atoms with Gasteiger partial charge in [-0.05, 0) is 13.3 Å². The number of nitrogens with one attached hydrogen (secondary N) is 1. The number of rotatable bonds is 7. The molecule has 0 saturated heterocycles. The summed E-state index contributed by atoms with van der Waals surface area (Å²) in [4.78, 5) is 19.2. The van der Waals surface area contributed by atoms with Crippen LogP contribution in [0.4, 0.5) is 5.82 Å². The summed E-state index contributed by atoms with van der Waals surface area (Å²) < 4.78 is 5.03. The molecule has 6 heteroatoms. The Hall–Kier alpha value is -1.85. The van der Waals surface area contributed by atoms with Crippen LogP contribution in [-0.4, -0.2) is 34.7 Å². The Bertz CT molecular complexity index is 410. The molecule has 0 aliphatic carbocycles. The number of methoxy groups -OCH3 is 1. The Labute approximate surface area is 106 Å². The van der Waals surface area contributed by atoms with Crippen molar-refractivity contribution in [2.45, 2.75) is 26.7 Å². The molecule has 0 spiro atoms. The van der Waals surface area contributed by atoms with Gasteiger partial charge in [0.05, 0.1) is 13.0 Å². The van der Waals surface area contributed by atoms with Gasteiger partial charge in [-0.1, -0.05) is 13.3 Å². The van der Waals surface area contributed by atoms with Crippen LogP contribution in [0.2, 0.25) is 0 Å². The number of hydrogen-bond donors (Lipinski definition) is 2. The number of carboxylic acid groups (broad SMARTS) is 1. The van der Waals surface area contributed by atoms with Gasteiger partial charge in [-0.15, -0.1) is 0 Å². The van der Waals surface area contributed by atoms with Gasteiger partial charge in [0.2, 0.25) is 5.88 Å². The smallest absolute Gasteiger partial charge is 0.308 e. The van der Waals surface area contributed by atoms with Crippen LogP contribution in [0, 0.1) is 12.8 Å². The molecule has 1 aromatic rings. The Balaban J connectivity index is 2.66. The molecule has 100 valence electrons. The number of anilines is 1. The zero-order valence-electron chi connectivity index (χ0n) is 10.9. The van der Waals surface area contributed by atoms with Crippen LogP contribution in [0.3, 0.4) is 0 Å². The molecule has 0 saturated carbocycles. The second kappa shape index (κ2) is 6.78. The van der Waals surface area contributed by atoms with E-state index in [1.807, 2.05) is 6.92 Å². The van der Waals surface area contributed by atoms with Crippen molar-refractivity contribution >= 4 is 11.8 Å². The van der Waals surface area contributed by atoms with Gasteiger partial charge in [-0.2, -0.15) is 4.98 Å². The SMILES string of the molecule is CCCC(CNc1cc(OC)nc(C)n1)C(=O)O. The first-order chi connectivity index (χ1) is 8.56. The van der Waals surface area contributed by atoms with E-state index in [-0.39, 0.29) is 0 Å². The number of aryl methyl sites for hydroxylation is 1. The van der Waals surface area contributed by atoms with E-state index in [1.165, 1.54) is 7.11 Å². The van der Waals surface area contributed by atoms with E-state index in [0.29, 0.717) is 30.5 Å². The molecule has 0 aliphatic rings. The predicted octanol–water partition coefficient (Wildman–Crippen LogP) is 1.71. The standard InChI is InChI=1S/C12H19N3O3/c1-4-5-9(12(16)17)7-13-10-6-11(18-3)15-8(2)14-10/h6,9H,4-5,7H2,1-3H3,(H,16,17)(H,13,14,15). The van der Waals surface area contributed by atoms with E-state index in [4.69, 9.17) is 9.84 Å². The summed E-state index contributed by atoms with van der Waals surface area (Å²) >= 11 is 0. The molecule has 1 heterocycles. The second-order valence-corrected chi connectivity index (χ2v) is 4.05. The Morgan fingerprint density at radius 3 is 2.83 bits per heavy atom. The molecular formula is C12H19N3O3. The summed E-state index contributed by atoms with van der Waals surface area (Å²) in [5, 5.41) is 12.1. The Morgan fingerprint density at radius 2 is 2.28 bits per heavy atom. The number of carboxylic acids is 1. The minimum atomic E-state index is -0.790. The monoisotopic (exact) mass is 253 g/mol. The van der Waals surface area contributed by atoms with Crippen LogP contribution >= 0.6 is 0 Å². The van der Waals surface area contributed by atoms with Crippen molar-refractivity contribution in [3.63, 3.8) is 0 Å². The highest BCUT2D eigenvalue weighted by molar-refractivity contribution is 5.70. The quantitative estimate of drug-likeness (QED) is 0.769. The van der Waals surface area contributed by atoms with Crippen LogP contribution in [0.25, 0.3) is 0 Å². The van der Waals surface area contributed by atoms with Gasteiger partial charge in [0.15, 0.2) is 0 Å². The maximum absolute atomic E-state index is 11.0. The van der Waals surface area contributed by atoms with Gasteiger partial charge >= 0.3 is 5.97 Å². The molecule has 0 amide bonds. The molecule has 0 aromatic carbocycles. The minimum Gasteiger partial charge on any atom is -0.481 e. The zero-order valence-corrected chi connectivity index (χ0v) is 10.9. The van der Waals surface area contributed by atoms with E-state index in [0.717, 1.165) is 6.42 Å². The van der Waals surface area contributed by atoms with Gasteiger partial charge in [-0.3, -0.25) is 4.79 Å². The highest BCUT2D eigenvalue weighted by Crippen LogP contribution is 2.14. The molecule has 6 nitrogen and oxygen atoms in total. The molecule has 0 fully saturated rings. The van der Waals surface area contributed by atoms with E-state index in [9.17, 15) is 4.79 Å². The summed E-state index contributed by atoms with van der Waals surface area (Å²) in [6, 6.07) is 1.65. The van der Waals surface area contributed by atoms with Gasteiger partial charge in [0.1, 0.15) is 11.6 Å². The van der Waals surface area contributed by atoms with E-state index >= 15 is 0 Å². The Kier molecular flexibility index (Phi) is 5.35. The highest BCUT2D eigenvalue weighted by atomic mass is 16.5. The zero-order chi connectivity index (χ0) is 13.5. The second-order valence-electron chi connectivity index (χ2n) is 4.05. The van der Waals surface area contributed by atoms with Crippen molar-refractivity contribution in [1.29, 1.82) is 0 Å². The molecule has 2 N–H and O–H groups in total. The van der Waals surface area contributed by atoms with Crippen molar-refractivity contribution in [2.75, 3.05) is 19.0 Å². The molecule has 18 heavy (non-hydrogen) atoms. The molecule has 1 atom stereocenters. The number of aliphatic carboxylic acids is 1. The third-order valence-electron chi connectivity index (χ3n) is 2.54. The van der Waals surface area contributed by atoms with Gasteiger partial charge in [0, 0.05) is 12.6 Å². The highest BCUT2D eigenvalue weighted by Gasteiger charge is 2.16. The van der Waals surface area contributed by atoms with Crippen LogP contribution in [0.5, 0.6) is 5.88 Å². The lowest BCUT2D eigenvalue weighted by Gasteiger charge is -2.13. The number of hydrogen-bond acceptors (Lipinski definition) is 5. The topological polar surface area (TPSA) is 84.3 Å². The van der Waals surface area contributed by atoms with Gasteiger partial charge in [-0.25, -0.2) is 4.98 Å². The first-order valence-corrected chi connectivity index (χ1v) is 5.93. The lowest BCUT2D eigenvalue weighted by atomic mass is 10.0. The lowest BCUT2D eigenvalue weighted by Crippen LogP contribution is -2.23. The normalized spacial score (nSPS) is 11.9. The summed E-state index contributed by atoms with van der Waals surface area (Å²) in [6.07, 6.45) is 1.48. The van der Waals surface area contributed by atoms with Crippen molar-refractivity contribution < 1.29 is 14.6 Å². The number of carbonyl (C=O) groups is 1. The van der Waals surface area contributed by atoms with Crippen LogP contribution < -0.4 is 10.1 Å². The molecule has 0 radical (unpaired) electrons. The maximum Gasteiger partial charge on any atom is 0.308 e. The molecule has 0 bridgehead atoms. The summed E-state index contributed by atoms with van der Waals surface area (Å²) in [7, 11) is 1.53. The predicted molar refractivity (Wildman–Crippen MR) is 67.8 cm³/mol. The van der Waals surface area contributed by atoms with Crippen molar-refractivity contribution in [1.82, 2.24) is 9.97 Å². The fourth-order valence-corrected chi connectivity index (χ4v) is 1.62. The summed E-state index contributed by atoms with van der Waals surface area (Å²) in [5.41, 5.74) is 0. The van der Waals surface area contributed by atoms with Crippen molar-refractivity contribution in [2.24, 2.45) is 5.92 Å². The largest absolute Gasteiger partial charge is 0.481 e. The first-order valence-electron chi connectivity index (χ1n) is 5.93. The van der Waals surface area contributed by atoms with E-state index < -0.39 is 11.9 Å². The minimum absolute atomic E-state index is 0.350. The fraction of sp³-hybridized carbons (Fsp3) is 0.583.